The zero-order chi connectivity index (χ0) is 24.5. The molecule has 0 saturated carbocycles. The number of amides is 2. The molecule has 1 unspecified atom stereocenters. The van der Waals surface area contributed by atoms with Gasteiger partial charge in [-0.15, -0.1) is 0 Å². The van der Waals surface area contributed by atoms with Crippen molar-refractivity contribution < 1.29 is 9.59 Å². The molecule has 2 amide bonds. The molecule has 0 radical (unpaired) electrons. The van der Waals surface area contributed by atoms with Crippen LogP contribution in [0, 0.1) is 5.92 Å². The summed E-state index contributed by atoms with van der Waals surface area (Å²) in [6.45, 7) is 17.0. The lowest BCUT2D eigenvalue weighted by molar-refractivity contribution is -0.129. The van der Waals surface area contributed by atoms with Gasteiger partial charge in [0, 0.05) is 37.2 Å². The number of benzene rings is 1. The summed E-state index contributed by atoms with van der Waals surface area (Å²) in [4.78, 5) is 28.1. The van der Waals surface area contributed by atoms with Gasteiger partial charge >= 0.3 is 0 Å². The number of hydrogen-bond donors (Lipinski definition) is 3. The van der Waals surface area contributed by atoms with Crippen LogP contribution in [0.15, 0.2) is 54.8 Å². The molecule has 0 aromatic heterocycles. The third kappa shape index (κ3) is 8.04. The van der Waals surface area contributed by atoms with Gasteiger partial charge < -0.3 is 21.3 Å². The molecule has 33 heavy (non-hydrogen) atoms. The normalized spacial score (nSPS) is 18.5. The van der Waals surface area contributed by atoms with Crippen molar-refractivity contribution in [2.24, 2.45) is 11.7 Å². The van der Waals surface area contributed by atoms with Gasteiger partial charge in [0.05, 0.1) is 6.04 Å². The molecule has 0 spiro atoms. The van der Waals surface area contributed by atoms with E-state index in [0.29, 0.717) is 18.8 Å². The predicted molar refractivity (Wildman–Crippen MR) is 135 cm³/mol. The summed E-state index contributed by atoms with van der Waals surface area (Å²) >= 11 is 0. The van der Waals surface area contributed by atoms with Crippen molar-refractivity contribution in [1.82, 2.24) is 15.5 Å². The van der Waals surface area contributed by atoms with Crippen LogP contribution >= 0.6 is 0 Å². The molecule has 0 bridgehead atoms. The maximum atomic E-state index is 13.2. The van der Waals surface area contributed by atoms with Crippen LogP contribution in [0.2, 0.25) is 0 Å². The maximum absolute atomic E-state index is 13.2. The van der Waals surface area contributed by atoms with Gasteiger partial charge in [-0.2, -0.15) is 0 Å². The first-order valence-corrected chi connectivity index (χ1v) is 12.1. The average molecular weight is 455 g/mol. The van der Waals surface area contributed by atoms with Gasteiger partial charge in [-0.05, 0) is 44.6 Å². The fourth-order valence-electron chi connectivity index (χ4n) is 4.26. The predicted octanol–water partition coefficient (Wildman–Crippen LogP) is 4.06. The minimum atomic E-state index is -0.700. The highest BCUT2D eigenvalue weighted by molar-refractivity contribution is 5.88. The molecule has 1 aromatic carbocycles. The van der Waals surface area contributed by atoms with E-state index in [4.69, 9.17) is 5.73 Å². The van der Waals surface area contributed by atoms with E-state index in [2.05, 4.69) is 54.7 Å². The van der Waals surface area contributed by atoms with E-state index >= 15 is 0 Å². The van der Waals surface area contributed by atoms with E-state index < -0.39 is 6.04 Å². The minimum Gasteiger partial charge on any atom is -0.368 e. The Morgan fingerprint density at radius 3 is 2.42 bits per heavy atom. The second-order valence-electron chi connectivity index (χ2n) is 9.75. The van der Waals surface area contributed by atoms with Crippen molar-refractivity contribution in [1.29, 1.82) is 0 Å². The van der Waals surface area contributed by atoms with Gasteiger partial charge in [0.2, 0.25) is 11.8 Å². The number of rotatable bonds is 12. The number of carbonyl (C=O) groups excluding carboxylic acids is 2. The lowest BCUT2D eigenvalue weighted by atomic mass is 10.0. The van der Waals surface area contributed by atoms with E-state index in [1.54, 1.807) is 0 Å². The molecule has 1 heterocycles. The van der Waals surface area contributed by atoms with Crippen molar-refractivity contribution in [3.63, 3.8) is 0 Å². The lowest BCUT2D eigenvalue weighted by Crippen LogP contribution is -2.53. The van der Waals surface area contributed by atoms with E-state index in [1.807, 2.05) is 32.0 Å². The Labute approximate surface area is 199 Å². The largest absolute Gasteiger partial charge is 0.368 e. The molecule has 2 rings (SSSR count). The SMILES string of the molecule is C=C(C)C(N)[C@H](C)NC(=O)[C@H](CC(=C)N1CCC[C@@H]1c1ccccc1)NC(=O)CCC(C)C. The van der Waals surface area contributed by atoms with Gasteiger partial charge in [0.1, 0.15) is 6.04 Å². The van der Waals surface area contributed by atoms with Crippen LogP contribution in [0.1, 0.15) is 71.4 Å². The molecular formula is C27H42N4O2. The molecule has 4 atom stereocenters. The van der Waals surface area contributed by atoms with Crippen LogP contribution in [-0.2, 0) is 9.59 Å². The Morgan fingerprint density at radius 1 is 1.15 bits per heavy atom. The Balaban J connectivity index is 2.12. The van der Waals surface area contributed by atoms with Crippen LogP contribution < -0.4 is 16.4 Å². The van der Waals surface area contributed by atoms with Gasteiger partial charge in [0.15, 0.2) is 0 Å². The summed E-state index contributed by atoms with van der Waals surface area (Å²) in [5.41, 5.74) is 9.06. The minimum absolute atomic E-state index is 0.116. The lowest BCUT2D eigenvalue weighted by Gasteiger charge is -2.32. The molecule has 1 saturated heterocycles. The van der Waals surface area contributed by atoms with Crippen LogP contribution in [0.4, 0.5) is 0 Å². The van der Waals surface area contributed by atoms with Gasteiger partial charge in [-0.3, -0.25) is 9.59 Å². The summed E-state index contributed by atoms with van der Waals surface area (Å²) in [6.07, 6.45) is 3.65. The number of nitrogens with zero attached hydrogens (tertiary/aromatic N) is 1. The number of nitrogens with one attached hydrogen (secondary N) is 2. The molecule has 6 heteroatoms. The van der Waals surface area contributed by atoms with Crippen molar-refractivity contribution >= 4 is 11.8 Å². The standard InChI is InChI=1S/C27H42N4O2/c1-18(2)14-15-25(32)30-23(27(33)29-21(6)26(28)19(3)4)17-20(5)31-16-10-13-24(31)22-11-8-7-9-12-22/h7-9,11-12,18,21,23-24,26H,3,5,10,13-17,28H2,1-2,4,6H3,(H,29,33)(H,30,32)/t21-,23-,24+,26?/m0/s1. The zero-order valence-electron chi connectivity index (χ0n) is 20.8. The summed E-state index contributed by atoms with van der Waals surface area (Å²) in [5.74, 6) is 0.0612. The second kappa shape index (κ2) is 12.6. The Hall–Kier alpha value is -2.60. The molecule has 1 fully saturated rings. The molecule has 6 nitrogen and oxygen atoms in total. The van der Waals surface area contributed by atoms with E-state index in [9.17, 15) is 9.59 Å². The first-order chi connectivity index (χ1) is 15.6. The molecule has 182 valence electrons. The summed E-state index contributed by atoms with van der Waals surface area (Å²) < 4.78 is 0. The third-order valence-electron chi connectivity index (χ3n) is 6.36. The number of carbonyl (C=O) groups is 2. The van der Waals surface area contributed by atoms with Crippen LogP contribution in [-0.4, -0.2) is 41.4 Å². The maximum Gasteiger partial charge on any atom is 0.243 e. The topological polar surface area (TPSA) is 87.5 Å². The molecule has 1 aromatic rings. The fourth-order valence-corrected chi connectivity index (χ4v) is 4.26. The summed E-state index contributed by atoms with van der Waals surface area (Å²) in [5, 5.41) is 5.92. The molecule has 0 aliphatic carbocycles. The fraction of sp³-hybridized carbons (Fsp3) is 0.556. The first kappa shape index (κ1) is 26.7. The highest BCUT2D eigenvalue weighted by atomic mass is 16.2. The van der Waals surface area contributed by atoms with Gasteiger partial charge in [0.25, 0.3) is 0 Å². The molecule has 4 N–H and O–H groups in total. The Kier molecular flexibility index (Phi) is 10.2. The third-order valence-corrected chi connectivity index (χ3v) is 6.36. The molecule has 1 aliphatic rings. The highest BCUT2D eigenvalue weighted by Crippen LogP contribution is 2.35. The van der Waals surface area contributed by atoms with E-state index in [1.165, 1.54) is 5.56 Å². The number of likely N-dealkylation sites (tertiary alicyclic amines) is 1. The van der Waals surface area contributed by atoms with Crippen molar-refractivity contribution in [2.75, 3.05) is 6.54 Å². The van der Waals surface area contributed by atoms with Gasteiger partial charge in [-0.1, -0.05) is 62.9 Å². The van der Waals surface area contributed by atoms with Crippen LogP contribution in [0.5, 0.6) is 0 Å². The van der Waals surface area contributed by atoms with Crippen LogP contribution in [0.3, 0.4) is 0 Å². The summed E-state index contributed by atoms with van der Waals surface area (Å²) in [7, 11) is 0. The van der Waals surface area contributed by atoms with Crippen molar-refractivity contribution in [3.05, 3.63) is 60.3 Å². The van der Waals surface area contributed by atoms with Crippen molar-refractivity contribution in [2.45, 2.75) is 84.0 Å². The van der Waals surface area contributed by atoms with Crippen molar-refractivity contribution in [3.8, 4) is 0 Å². The van der Waals surface area contributed by atoms with E-state index in [0.717, 1.165) is 37.1 Å². The second-order valence-corrected chi connectivity index (χ2v) is 9.75. The Bertz CT molecular complexity index is 821. The average Bonchev–Trinajstić information content (AvgIpc) is 3.27. The van der Waals surface area contributed by atoms with Crippen LogP contribution in [0.25, 0.3) is 0 Å². The monoisotopic (exact) mass is 454 g/mol. The molecular weight excluding hydrogens is 412 g/mol. The quantitative estimate of drug-likeness (QED) is 0.416. The van der Waals surface area contributed by atoms with Gasteiger partial charge in [-0.25, -0.2) is 0 Å². The highest BCUT2D eigenvalue weighted by Gasteiger charge is 2.31. The van der Waals surface area contributed by atoms with E-state index in [-0.39, 0.29) is 29.9 Å². The first-order valence-electron chi connectivity index (χ1n) is 12.1. The zero-order valence-corrected chi connectivity index (χ0v) is 20.8. The summed E-state index contributed by atoms with van der Waals surface area (Å²) in [6, 6.07) is 9.28. The smallest absolute Gasteiger partial charge is 0.243 e. The number of hydrogen-bond acceptors (Lipinski definition) is 4. The number of nitrogens with two attached hydrogens (primary N) is 1. The Morgan fingerprint density at radius 2 is 1.82 bits per heavy atom. The molecule has 1 aliphatic heterocycles.